The molecule has 0 aliphatic carbocycles. The van der Waals surface area contributed by atoms with Gasteiger partial charge in [-0.3, -0.25) is 4.79 Å². The second-order valence-corrected chi connectivity index (χ2v) is 10.4. The quantitative estimate of drug-likeness (QED) is 0.397. The Kier molecular flexibility index (Phi) is 10.0. The summed E-state index contributed by atoms with van der Waals surface area (Å²) in [5, 5.41) is 3.05. The number of carbonyl (C=O) groups is 2. The molecule has 0 unspecified atom stereocenters. The highest BCUT2D eigenvalue weighted by Crippen LogP contribution is 2.33. The first-order valence-electron chi connectivity index (χ1n) is 14.5. The number of halogens is 1. The summed E-state index contributed by atoms with van der Waals surface area (Å²) in [5.41, 5.74) is 10.6. The average Bonchev–Trinajstić information content (AvgIpc) is 3.04. The van der Waals surface area contributed by atoms with Gasteiger partial charge in [-0.25, -0.2) is 9.18 Å². The van der Waals surface area contributed by atoms with Crippen LogP contribution < -0.4 is 16.0 Å². The van der Waals surface area contributed by atoms with E-state index in [1.165, 1.54) is 24.3 Å². The van der Waals surface area contributed by atoms with E-state index in [1.807, 2.05) is 46.2 Å². The van der Waals surface area contributed by atoms with Crippen molar-refractivity contribution in [3.8, 4) is 11.1 Å². The van der Waals surface area contributed by atoms with E-state index in [0.717, 1.165) is 28.8 Å². The number of anilines is 2. The van der Waals surface area contributed by atoms with E-state index in [2.05, 4.69) is 16.3 Å². The predicted octanol–water partition coefficient (Wildman–Crippen LogP) is 4.18. The summed E-state index contributed by atoms with van der Waals surface area (Å²) in [6.07, 6.45) is 0.718. The molecular weight excluding hydrogens is 537 g/mol. The van der Waals surface area contributed by atoms with Crippen molar-refractivity contribution >= 4 is 23.3 Å². The minimum atomic E-state index is -0.393. The summed E-state index contributed by atoms with van der Waals surface area (Å²) in [4.78, 5) is 32.3. The van der Waals surface area contributed by atoms with Gasteiger partial charge in [0.2, 0.25) is 0 Å². The van der Waals surface area contributed by atoms with E-state index in [-0.39, 0.29) is 11.9 Å². The van der Waals surface area contributed by atoms with Gasteiger partial charge in [0.1, 0.15) is 5.82 Å². The number of urea groups is 1. The summed E-state index contributed by atoms with van der Waals surface area (Å²) < 4.78 is 24.4. The van der Waals surface area contributed by atoms with Gasteiger partial charge in [-0.15, -0.1) is 0 Å². The summed E-state index contributed by atoms with van der Waals surface area (Å²) in [6.45, 7) is 6.45. The van der Waals surface area contributed by atoms with Crippen LogP contribution in [0.2, 0.25) is 0 Å². The topological polar surface area (TPSA) is 100 Å². The number of morpholine rings is 2. The second-order valence-electron chi connectivity index (χ2n) is 10.4. The second kappa shape index (κ2) is 14.3. The van der Waals surface area contributed by atoms with Crippen molar-refractivity contribution in [2.24, 2.45) is 5.73 Å². The number of nitrogens with one attached hydrogen (secondary N) is 1. The van der Waals surface area contributed by atoms with Gasteiger partial charge >= 0.3 is 6.03 Å². The number of benzene rings is 3. The lowest BCUT2D eigenvalue weighted by Gasteiger charge is -2.33. The molecule has 3 aromatic rings. The number of nitrogens with zero attached hydrogens (tertiary/aromatic N) is 3. The van der Waals surface area contributed by atoms with Gasteiger partial charge < -0.3 is 35.2 Å². The fraction of sp³-hybridized carbons (Fsp3) is 0.375. The van der Waals surface area contributed by atoms with E-state index < -0.39 is 5.82 Å². The van der Waals surface area contributed by atoms with Crippen molar-refractivity contribution < 1.29 is 23.5 Å². The van der Waals surface area contributed by atoms with E-state index in [4.69, 9.17) is 15.2 Å². The monoisotopic (exact) mass is 575 g/mol. The maximum atomic E-state index is 13.5. The molecule has 3 N–H and O–H groups in total. The Labute approximate surface area is 246 Å². The van der Waals surface area contributed by atoms with Gasteiger partial charge in [0.05, 0.1) is 37.8 Å². The molecule has 2 heterocycles. The number of amides is 3. The van der Waals surface area contributed by atoms with E-state index >= 15 is 0 Å². The van der Waals surface area contributed by atoms with Crippen LogP contribution in [0.4, 0.5) is 20.6 Å². The van der Waals surface area contributed by atoms with E-state index in [9.17, 15) is 14.0 Å². The molecule has 0 aromatic heterocycles. The van der Waals surface area contributed by atoms with Gasteiger partial charge in [0.15, 0.2) is 0 Å². The first-order valence-corrected chi connectivity index (χ1v) is 14.5. The lowest BCUT2D eigenvalue weighted by Crippen LogP contribution is -2.48. The molecule has 0 spiro atoms. The standard InChI is InChI=1S/C32H38FN5O4/c33-28-8-5-25(6-9-28)31(39)35-29-22-27(7-10-30(29)36-13-17-41-18-14-36)26-4-1-3-24(21-26)23-38(12-2-11-34)32(40)37-15-19-42-20-16-37/h1,3-10,21-22H,2,11-20,23,34H2,(H,35,39). The van der Waals surface area contributed by atoms with Crippen molar-refractivity contribution in [3.05, 3.63) is 83.7 Å². The Bertz CT molecular complexity index is 1360. The molecule has 0 saturated carbocycles. The van der Waals surface area contributed by atoms with Crippen LogP contribution in [0.5, 0.6) is 0 Å². The summed E-state index contributed by atoms with van der Waals surface area (Å²) in [6, 6.07) is 19.6. The molecule has 0 radical (unpaired) electrons. The van der Waals surface area contributed by atoms with Gasteiger partial charge in [-0.1, -0.05) is 24.3 Å². The summed E-state index contributed by atoms with van der Waals surface area (Å²) >= 11 is 0. The molecule has 2 aliphatic rings. The first-order chi connectivity index (χ1) is 20.5. The Morgan fingerprint density at radius 1 is 0.881 bits per heavy atom. The fourth-order valence-electron chi connectivity index (χ4n) is 5.24. The Balaban J connectivity index is 1.40. The molecule has 0 atom stereocenters. The minimum Gasteiger partial charge on any atom is -0.378 e. The highest BCUT2D eigenvalue weighted by atomic mass is 19.1. The average molecular weight is 576 g/mol. The molecule has 3 aromatic carbocycles. The largest absolute Gasteiger partial charge is 0.378 e. The molecule has 2 aliphatic heterocycles. The molecule has 0 bridgehead atoms. The SMILES string of the molecule is NCCCN(Cc1cccc(-c2ccc(N3CCOCC3)c(NC(=O)c3ccc(F)cc3)c2)c1)C(=O)N1CCOCC1. The van der Waals surface area contributed by atoms with Crippen LogP contribution >= 0.6 is 0 Å². The van der Waals surface area contributed by atoms with Crippen LogP contribution in [0.15, 0.2) is 66.7 Å². The van der Waals surface area contributed by atoms with Crippen molar-refractivity contribution in [2.75, 3.05) is 75.9 Å². The number of rotatable bonds is 9. The van der Waals surface area contributed by atoms with Crippen LogP contribution in [-0.4, -0.2) is 87.4 Å². The number of hydrogen-bond acceptors (Lipinski definition) is 6. The molecule has 9 nitrogen and oxygen atoms in total. The number of carbonyl (C=O) groups excluding carboxylic acids is 2. The zero-order chi connectivity index (χ0) is 29.3. The van der Waals surface area contributed by atoms with Gasteiger partial charge in [0, 0.05) is 44.8 Å². The molecule has 5 rings (SSSR count). The van der Waals surface area contributed by atoms with Gasteiger partial charge in [-0.2, -0.15) is 0 Å². The maximum Gasteiger partial charge on any atom is 0.320 e. The zero-order valence-electron chi connectivity index (χ0n) is 23.8. The summed E-state index contributed by atoms with van der Waals surface area (Å²) in [5.74, 6) is -0.705. The van der Waals surface area contributed by atoms with Crippen LogP contribution in [0.25, 0.3) is 11.1 Å². The number of hydrogen-bond donors (Lipinski definition) is 2. The third-order valence-electron chi connectivity index (χ3n) is 7.52. The van der Waals surface area contributed by atoms with Gasteiger partial charge in [-0.05, 0) is 72.1 Å². The Morgan fingerprint density at radius 3 is 2.29 bits per heavy atom. The van der Waals surface area contributed by atoms with Crippen LogP contribution in [0, 0.1) is 5.82 Å². The molecule has 42 heavy (non-hydrogen) atoms. The molecular formula is C32H38FN5O4. The summed E-state index contributed by atoms with van der Waals surface area (Å²) in [7, 11) is 0. The Morgan fingerprint density at radius 2 is 1.57 bits per heavy atom. The molecule has 2 saturated heterocycles. The van der Waals surface area contributed by atoms with Crippen molar-refractivity contribution in [1.29, 1.82) is 0 Å². The molecule has 222 valence electrons. The fourth-order valence-corrected chi connectivity index (χ4v) is 5.24. The smallest absolute Gasteiger partial charge is 0.320 e. The van der Waals surface area contributed by atoms with Gasteiger partial charge in [0.25, 0.3) is 5.91 Å². The van der Waals surface area contributed by atoms with Crippen molar-refractivity contribution in [3.63, 3.8) is 0 Å². The number of ether oxygens (including phenoxy) is 2. The van der Waals surface area contributed by atoms with Crippen LogP contribution in [0.1, 0.15) is 22.3 Å². The van der Waals surface area contributed by atoms with Crippen molar-refractivity contribution in [2.45, 2.75) is 13.0 Å². The highest BCUT2D eigenvalue weighted by Gasteiger charge is 2.23. The third-order valence-corrected chi connectivity index (χ3v) is 7.52. The highest BCUT2D eigenvalue weighted by molar-refractivity contribution is 6.06. The normalized spacial score (nSPS) is 15.4. The van der Waals surface area contributed by atoms with Crippen molar-refractivity contribution in [1.82, 2.24) is 9.80 Å². The maximum absolute atomic E-state index is 13.5. The number of nitrogens with two attached hydrogens (primary N) is 1. The molecule has 3 amide bonds. The predicted molar refractivity (Wildman–Crippen MR) is 161 cm³/mol. The lowest BCUT2D eigenvalue weighted by molar-refractivity contribution is 0.0425. The zero-order valence-corrected chi connectivity index (χ0v) is 23.8. The molecule has 10 heteroatoms. The Hall–Kier alpha value is -3.99. The van der Waals surface area contributed by atoms with E-state index in [0.29, 0.717) is 83.5 Å². The molecule has 2 fully saturated rings. The first kappa shape index (κ1) is 29.5. The van der Waals surface area contributed by atoms with Crippen LogP contribution in [0.3, 0.4) is 0 Å². The minimum absolute atomic E-state index is 0.00203. The lowest BCUT2D eigenvalue weighted by atomic mass is 10.0. The van der Waals surface area contributed by atoms with Crippen LogP contribution in [-0.2, 0) is 16.0 Å². The third kappa shape index (κ3) is 7.44. The van der Waals surface area contributed by atoms with E-state index in [1.54, 1.807) is 0 Å².